The fraction of sp³-hybridized carbons (Fsp3) is 0.231. The average molecular weight is 558 g/mol. The number of hydrogen-bond acceptors (Lipinski definition) is 8. The SMILES string of the molecule is Cc1ncc(-c2ccc(=O)n(-c3ccc(N[C@H]4CC[C@H](Nc5nc6cc(Br)cnc6[nH]5)C4)nc3)c2)cn1. The van der Waals surface area contributed by atoms with E-state index in [0.717, 1.165) is 57.8 Å². The normalized spacial score (nSPS) is 17.2. The van der Waals surface area contributed by atoms with Crippen molar-refractivity contribution >= 4 is 38.9 Å². The van der Waals surface area contributed by atoms with Crippen LogP contribution in [0.3, 0.4) is 0 Å². The van der Waals surface area contributed by atoms with Crippen LogP contribution in [-0.4, -0.2) is 46.6 Å². The van der Waals surface area contributed by atoms with Gasteiger partial charge in [-0.25, -0.2) is 24.9 Å². The van der Waals surface area contributed by atoms with Gasteiger partial charge in [-0.15, -0.1) is 0 Å². The highest BCUT2D eigenvalue weighted by atomic mass is 79.9. The second kappa shape index (κ2) is 9.74. The Bertz CT molecular complexity index is 1610. The van der Waals surface area contributed by atoms with Crippen LogP contribution in [0.5, 0.6) is 0 Å². The standard InChI is InChI=1S/C26H24BrN9O/c1-15-28-10-17(11-29-15)16-2-7-24(37)36(14-16)21-5-6-23(30-13-21)32-19-3-4-20(9-19)33-26-34-22-8-18(27)12-31-25(22)35-26/h2,5-8,10-14,19-20H,3-4,9H2,1H3,(H,30,32)(H2,31,33,34,35)/t19-,20-/m0/s1. The molecule has 0 aliphatic heterocycles. The highest BCUT2D eigenvalue weighted by molar-refractivity contribution is 9.10. The molecule has 1 aliphatic carbocycles. The van der Waals surface area contributed by atoms with Gasteiger partial charge in [0.1, 0.15) is 17.2 Å². The Balaban J connectivity index is 1.11. The van der Waals surface area contributed by atoms with E-state index < -0.39 is 0 Å². The van der Waals surface area contributed by atoms with Crippen molar-refractivity contribution in [2.24, 2.45) is 0 Å². The van der Waals surface area contributed by atoms with Gasteiger partial charge in [0.25, 0.3) is 5.56 Å². The number of anilines is 2. The third-order valence-electron chi connectivity index (χ3n) is 6.48. The van der Waals surface area contributed by atoms with Crippen LogP contribution in [0.15, 0.2) is 70.6 Å². The van der Waals surface area contributed by atoms with E-state index in [0.29, 0.717) is 23.6 Å². The molecule has 1 aliphatic rings. The number of nitrogens with one attached hydrogen (secondary N) is 3. The summed E-state index contributed by atoms with van der Waals surface area (Å²) in [5.41, 5.74) is 3.87. The predicted octanol–water partition coefficient (Wildman–Crippen LogP) is 4.48. The number of H-pyrrole nitrogens is 1. The highest BCUT2D eigenvalue weighted by Gasteiger charge is 2.25. The first kappa shape index (κ1) is 23.3. The van der Waals surface area contributed by atoms with Gasteiger partial charge in [-0.1, -0.05) is 0 Å². The zero-order chi connectivity index (χ0) is 25.4. The molecule has 0 saturated heterocycles. The molecule has 3 N–H and O–H groups in total. The number of aryl methyl sites for hydroxylation is 1. The van der Waals surface area contributed by atoms with Crippen molar-refractivity contribution in [3.05, 3.63) is 82.0 Å². The number of rotatable bonds is 6. The van der Waals surface area contributed by atoms with Gasteiger partial charge in [0, 0.05) is 58.5 Å². The van der Waals surface area contributed by atoms with Gasteiger partial charge in [-0.3, -0.25) is 9.36 Å². The summed E-state index contributed by atoms with van der Waals surface area (Å²) < 4.78 is 2.49. The second-order valence-electron chi connectivity index (χ2n) is 9.15. The minimum Gasteiger partial charge on any atom is -0.367 e. The summed E-state index contributed by atoms with van der Waals surface area (Å²) in [6.07, 6.45) is 11.8. The van der Waals surface area contributed by atoms with Crippen LogP contribution in [-0.2, 0) is 0 Å². The van der Waals surface area contributed by atoms with E-state index in [1.165, 1.54) is 0 Å². The van der Waals surface area contributed by atoms with Crippen LogP contribution in [0.4, 0.5) is 11.8 Å². The van der Waals surface area contributed by atoms with Gasteiger partial charge in [0.15, 0.2) is 5.65 Å². The summed E-state index contributed by atoms with van der Waals surface area (Å²) in [5.74, 6) is 2.22. The van der Waals surface area contributed by atoms with Crippen LogP contribution in [0.2, 0.25) is 0 Å². The van der Waals surface area contributed by atoms with E-state index in [2.05, 4.69) is 56.5 Å². The summed E-state index contributed by atoms with van der Waals surface area (Å²) in [5, 5.41) is 7.02. The molecule has 5 heterocycles. The molecule has 2 atom stereocenters. The Morgan fingerprint density at radius 1 is 0.946 bits per heavy atom. The quantitative estimate of drug-likeness (QED) is 0.279. The molecule has 0 bridgehead atoms. The van der Waals surface area contributed by atoms with Crippen LogP contribution in [0.1, 0.15) is 25.1 Å². The molecule has 1 fully saturated rings. The van der Waals surface area contributed by atoms with Crippen molar-refractivity contribution in [3.63, 3.8) is 0 Å². The zero-order valence-electron chi connectivity index (χ0n) is 20.0. The molecule has 0 amide bonds. The van der Waals surface area contributed by atoms with Crippen molar-refractivity contribution < 1.29 is 0 Å². The Kier molecular flexibility index (Phi) is 6.13. The van der Waals surface area contributed by atoms with Crippen LogP contribution >= 0.6 is 15.9 Å². The number of hydrogen-bond donors (Lipinski definition) is 3. The number of halogens is 1. The minimum atomic E-state index is -0.128. The highest BCUT2D eigenvalue weighted by Crippen LogP contribution is 2.26. The number of aromatic nitrogens is 7. The number of imidazole rings is 1. The number of nitrogens with zero attached hydrogens (tertiary/aromatic N) is 6. The third-order valence-corrected chi connectivity index (χ3v) is 6.91. The van der Waals surface area contributed by atoms with Crippen molar-refractivity contribution in [3.8, 4) is 16.8 Å². The monoisotopic (exact) mass is 557 g/mol. The Morgan fingerprint density at radius 2 is 1.76 bits per heavy atom. The fourth-order valence-corrected chi connectivity index (χ4v) is 4.92. The molecule has 10 nitrogen and oxygen atoms in total. The van der Waals surface area contributed by atoms with Gasteiger partial charge in [-0.2, -0.15) is 0 Å². The maximum absolute atomic E-state index is 12.5. The van der Waals surface area contributed by atoms with Crippen LogP contribution in [0.25, 0.3) is 28.0 Å². The maximum atomic E-state index is 12.5. The summed E-state index contributed by atoms with van der Waals surface area (Å²) in [6.45, 7) is 1.84. The van der Waals surface area contributed by atoms with Gasteiger partial charge >= 0.3 is 0 Å². The first-order valence-corrected chi connectivity index (χ1v) is 12.8. The van der Waals surface area contributed by atoms with Crippen molar-refractivity contribution in [2.75, 3.05) is 10.6 Å². The summed E-state index contributed by atoms with van der Waals surface area (Å²) in [7, 11) is 0. The topological polar surface area (TPSA) is 126 Å². The molecule has 0 unspecified atom stereocenters. The molecule has 0 spiro atoms. The Hall–Kier alpha value is -4.12. The lowest BCUT2D eigenvalue weighted by molar-refractivity contribution is 0.718. The Morgan fingerprint density at radius 3 is 2.54 bits per heavy atom. The predicted molar refractivity (Wildman–Crippen MR) is 146 cm³/mol. The smallest absolute Gasteiger partial charge is 0.255 e. The second-order valence-corrected chi connectivity index (χ2v) is 10.1. The molecule has 37 heavy (non-hydrogen) atoms. The van der Waals surface area contributed by atoms with Crippen molar-refractivity contribution in [1.82, 2.24) is 34.5 Å². The molecular formula is C26H24BrN9O. The van der Waals surface area contributed by atoms with E-state index in [4.69, 9.17) is 0 Å². The van der Waals surface area contributed by atoms with E-state index in [1.54, 1.807) is 47.7 Å². The summed E-state index contributed by atoms with van der Waals surface area (Å²) in [6, 6.07) is 9.67. The van der Waals surface area contributed by atoms with Gasteiger partial charge in [0.05, 0.1) is 11.9 Å². The molecular weight excluding hydrogens is 534 g/mol. The number of fused-ring (bicyclic) bond motifs is 1. The first-order valence-electron chi connectivity index (χ1n) is 12.0. The molecule has 5 aromatic rings. The van der Waals surface area contributed by atoms with Gasteiger partial charge < -0.3 is 15.6 Å². The van der Waals surface area contributed by atoms with E-state index in [9.17, 15) is 4.79 Å². The van der Waals surface area contributed by atoms with Gasteiger partial charge in [-0.05, 0) is 66.4 Å². The molecule has 0 aromatic carbocycles. The van der Waals surface area contributed by atoms with Crippen LogP contribution in [0, 0.1) is 6.92 Å². The largest absolute Gasteiger partial charge is 0.367 e. The van der Waals surface area contributed by atoms with E-state index in [1.807, 2.05) is 25.1 Å². The summed E-state index contributed by atoms with van der Waals surface area (Å²) in [4.78, 5) is 37.8. The molecule has 6 rings (SSSR count). The van der Waals surface area contributed by atoms with Gasteiger partial charge in [0.2, 0.25) is 5.95 Å². The Labute approximate surface area is 220 Å². The number of pyridine rings is 3. The third kappa shape index (κ3) is 5.08. The molecule has 11 heteroatoms. The number of aromatic amines is 1. The first-order chi connectivity index (χ1) is 18.0. The van der Waals surface area contributed by atoms with E-state index >= 15 is 0 Å². The van der Waals surface area contributed by atoms with Crippen molar-refractivity contribution in [2.45, 2.75) is 38.3 Å². The zero-order valence-corrected chi connectivity index (χ0v) is 21.6. The van der Waals surface area contributed by atoms with Crippen LogP contribution < -0.4 is 16.2 Å². The lowest BCUT2D eigenvalue weighted by Crippen LogP contribution is -2.21. The lowest BCUT2D eigenvalue weighted by atomic mass is 10.1. The van der Waals surface area contributed by atoms with Crippen molar-refractivity contribution in [1.29, 1.82) is 0 Å². The molecule has 186 valence electrons. The van der Waals surface area contributed by atoms with E-state index in [-0.39, 0.29) is 5.56 Å². The maximum Gasteiger partial charge on any atom is 0.255 e. The molecule has 1 saturated carbocycles. The average Bonchev–Trinajstić information content (AvgIpc) is 3.51. The minimum absolute atomic E-state index is 0.128. The summed E-state index contributed by atoms with van der Waals surface area (Å²) >= 11 is 3.43. The lowest BCUT2D eigenvalue weighted by Gasteiger charge is -2.15. The molecule has 5 aromatic heterocycles. The fourth-order valence-electron chi connectivity index (χ4n) is 4.60. The molecule has 0 radical (unpaired) electrons.